The van der Waals surface area contributed by atoms with Crippen LogP contribution in [-0.4, -0.2) is 57.5 Å². The van der Waals surface area contributed by atoms with E-state index in [1.165, 1.54) is 49.6 Å². The van der Waals surface area contributed by atoms with Crippen molar-refractivity contribution < 1.29 is 47.6 Å². The third-order valence-corrected chi connectivity index (χ3v) is 5.08. The second kappa shape index (κ2) is 18.2. The van der Waals surface area contributed by atoms with Gasteiger partial charge in [-0.3, -0.25) is 0 Å². The fourth-order valence-corrected chi connectivity index (χ4v) is 2.97. The average molecular weight is 580 g/mol. The number of ether oxygens (including phenoxy) is 6. The lowest BCUT2D eigenvalue weighted by atomic mass is 10.2. The summed E-state index contributed by atoms with van der Waals surface area (Å²) >= 11 is 0. The molecule has 42 heavy (non-hydrogen) atoms. The molecule has 0 unspecified atom stereocenters. The molecular weight excluding hydrogens is 546 g/mol. The van der Waals surface area contributed by atoms with Crippen molar-refractivity contribution in [3.05, 3.63) is 109 Å². The van der Waals surface area contributed by atoms with Crippen LogP contribution in [0.5, 0.6) is 11.5 Å². The molecular formula is C31H33NO10. The van der Waals surface area contributed by atoms with Crippen LogP contribution in [0.3, 0.4) is 0 Å². The van der Waals surface area contributed by atoms with Gasteiger partial charge in [0.05, 0.1) is 30.9 Å². The lowest BCUT2D eigenvalue weighted by Crippen LogP contribution is -2.29. The molecule has 0 heterocycles. The second-order valence-electron chi connectivity index (χ2n) is 8.26. The van der Waals surface area contributed by atoms with E-state index >= 15 is 0 Å². The monoisotopic (exact) mass is 579 g/mol. The Hall–Kier alpha value is -5.16. The Morgan fingerprint density at radius 3 is 2.00 bits per heavy atom. The molecule has 0 spiro atoms. The van der Waals surface area contributed by atoms with E-state index in [0.717, 1.165) is 6.08 Å². The Kier molecular flexibility index (Phi) is 14.4. The highest BCUT2D eigenvalue weighted by Crippen LogP contribution is 2.16. The summed E-state index contributed by atoms with van der Waals surface area (Å²) in [7, 11) is 1.52. The lowest BCUT2D eigenvalue weighted by Gasteiger charge is -2.08. The highest BCUT2D eigenvalue weighted by molar-refractivity contribution is 5.91. The first kappa shape index (κ1) is 33.0. The van der Waals surface area contributed by atoms with Crippen LogP contribution in [0.15, 0.2) is 97.5 Å². The number of benzene rings is 2. The number of hydrogen-bond acceptors (Lipinski definition) is 10. The van der Waals surface area contributed by atoms with Crippen molar-refractivity contribution in [2.45, 2.75) is 13.3 Å². The maximum absolute atomic E-state index is 12.5. The summed E-state index contributed by atoms with van der Waals surface area (Å²) in [5, 5.41) is 2.51. The van der Waals surface area contributed by atoms with Gasteiger partial charge in [-0.05, 0) is 73.7 Å². The van der Waals surface area contributed by atoms with Gasteiger partial charge in [-0.2, -0.15) is 0 Å². The molecule has 11 nitrogen and oxygen atoms in total. The largest absolute Gasteiger partial charge is 0.493 e. The summed E-state index contributed by atoms with van der Waals surface area (Å²) in [5.41, 5.74) is 0.514. The summed E-state index contributed by atoms with van der Waals surface area (Å²) in [5.74, 6) is -0.600. The quantitative estimate of drug-likeness (QED) is 0.0730. The van der Waals surface area contributed by atoms with Gasteiger partial charge in [0.15, 0.2) is 0 Å². The minimum atomic E-state index is -0.643. The Morgan fingerprint density at radius 2 is 1.40 bits per heavy atom. The van der Waals surface area contributed by atoms with Crippen molar-refractivity contribution in [3.8, 4) is 11.5 Å². The fraction of sp³-hybridized carbons (Fsp3) is 0.226. The number of allylic oxidation sites excluding steroid dienone is 4. The van der Waals surface area contributed by atoms with E-state index in [4.69, 9.17) is 28.4 Å². The molecule has 2 aromatic carbocycles. The Bertz CT molecular complexity index is 1290. The molecule has 0 fully saturated rings. The third-order valence-electron chi connectivity index (χ3n) is 5.08. The van der Waals surface area contributed by atoms with E-state index < -0.39 is 24.0 Å². The van der Waals surface area contributed by atoms with E-state index in [2.05, 4.69) is 18.5 Å². The molecule has 0 saturated carbocycles. The Balaban J connectivity index is 1.85. The number of carbonyl (C=O) groups excluding carboxylic acids is 4. The van der Waals surface area contributed by atoms with Crippen LogP contribution in [0.25, 0.3) is 0 Å². The zero-order valence-corrected chi connectivity index (χ0v) is 23.5. The van der Waals surface area contributed by atoms with E-state index in [0.29, 0.717) is 31.9 Å². The van der Waals surface area contributed by atoms with Crippen molar-refractivity contribution >= 4 is 24.0 Å². The maximum Gasteiger partial charge on any atom is 0.412 e. The highest BCUT2D eigenvalue weighted by Gasteiger charge is 2.11. The second-order valence-corrected chi connectivity index (χ2v) is 8.26. The van der Waals surface area contributed by atoms with Gasteiger partial charge in [0, 0.05) is 26.2 Å². The first-order valence-corrected chi connectivity index (χ1v) is 12.8. The normalized spacial score (nSPS) is 11.1. The molecule has 0 aromatic heterocycles. The van der Waals surface area contributed by atoms with Crippen molar-refractivity contribution in [1.29, 1.82) is 0 Å². The van der Waals surface area contributed by atoms with Gasteiger partial charge in [0.2, 0.25) is 0 Å². The summed E-state index contributed by atoms with van der Waals surface area (Å²) < 4.78 is 31.0. The fourth-order valence-electron chi connectivity index (χ4n) is 2.97. The topological polar surface area (TPSA) is 136 Å². The molecule has 0 saturated heterocycles. The minimum Gasteiger partial charge on any atom is -0.493 e. The van der Waals surface area contributed by atoms with Crippen molar-refractivity contribution in [2.24, 2.45) is 0 Å². The molecule has 11 heteroatoms. The molecule has 0 aliphatic rings. The summed E-state index contributed by atoms with van der Waals surface area (Å²) in [6.07, 6.45) is 5.17. The van der Waals surface area contributed by atoms with Gasteiger partial charge in [-0.25, -0.2) is 19.2 Å². The molecule has 0 aliphatic carbocycles. The summed E-state index contributed by atoms with van der Waals surface area (Å²) in [6.45, 7) is 9.69. The molecule has 1 N–H and O–H groups in total. The zero-order chi connectivity index (χ0) is 30.7. The van der Waals surface area contributed by atoms with Crippen LogP contribution in [0.4, 0.5) is 4.79 Å². The standard InChI is InChI=1S/C31H33NO10/c1-5-25(41-30(35)24-9-14-26(15-10-24)38-19-7-20-39-28(33)6-2)13-8-22(3)40-29(34)23-11-16-27(17-12-23)42-31(36)32-18-21-37-4/h5-6,8-17H,1-2,7,18-21H2,3-4H3,(H,32,36)/b22-8+,25-13+. The van der Waals surface area contributed by atoms with Gasteiger partial charge in [-0.15, -0.1) is 0 Å². The van der Waals surface area contributed by atoms with Crippen molar-refractivity contribution in [1.82, 2.24) is 5.32 Å². The van der Waals surface area contributed by atoms with E-state index in [1.54, 1.807) is 31.2 Å². The SMILES string of the molecule is C=CC(=O)OCCCOc1ccc(C(=O)O/C(C=C)=C/C=C(\C)OC(=O)c2ccc(OC(=O)NCCOC)cc2)cc1. The van der Waals surface area contributed by atoms with E-state index in [1.807, 2.05) is 0 Å². The summed E-state index contributed by atoms with van der Waals surface area (Å²) in [4.78, 5) is 47.7. The molecule has 0 aliphatic heterocycles. The Labute approximate surface area is 244 Å². The predicted molar refractivity (Wildman–Crippen MR) is 153 cm³/mol. The lowest BCUT2D eigenvalue weighted by molar-refractivity contribution is -0.137. The number of rotatable bonds is 16. The van der Waals surface area contributed by atoms with E-state index in [9.17, 15) is 19.2 Å². The molecule has 0 radical (unpaired) electrons. The predicted octanol–water partition coefficient (Wildman–Crippen LogP) is 4.91. The first-order chi connectivity index (χ1) is 20.2. The molecule has 0 bridgehead atoms. The van der Waals surface area contributed by atoms with E-state index in [-0.39, 0.29) is 35.0 Å². The van der Waals surface area contributed by atoms with Crippen LogP contribution in [0.1, 0.15) is 34.1 Å². The van der Waals surface area contributed by atoms with Crippen molar-refractivity contribution in [2.75, 3.05) is 33.5 Å². The molecule has 0 atom stereocenters. The minimum absolute atomic E-state index is 0.134. The van der Waals surface area contributed by atoms with Crippen molar-refractivity contribution in [3.63, 3.8) is 0 Å². The van der Waals surface area contributed by atoms with Crippen LogP contribution >= 0.6 is 0 Å². The number of hydrogen-bond donors (Lipinski definition) is 1. The number of methoxy groups -OCH3 is 1. The first-order valence-electron chi connectivity index (χ1n) is 12.8. The van der Waals surface area contributed by atoms with Crippen LogP contribution in [0.2, 0.25) is 0 Å². The van der Waals surface area contributed by atoms with Gasteiger partial charge in [0.1, 0.15) is 23.0 Å². The highest BCUT2D eigenvalue weighted by atomic mass is 16.6. The third kappa shape index (κ3) is 12.3. The van der Waals surface area contributed by atoms with Gasteiger partial charge in [0.25, 0.3) is 0 Å². The number of nitrogens with one attached hydrogen (secondary N) is 1. The number of carbonyl (C=O) groups is 4. The zero-order valence-electron chi connectivity index (χ0n) is 23.5. The van der Waals surface area contributed by atoms with Crippen LogP contribution in [-0.2, 0) is 23.7 Å². The number of amides is 1. The van der Waals surface area contributed by atoms with Crippen LogP contribution in [0, 0.1) is 0 Å². The smallest absolute Gasteiger partial charge is 0.412 e. The molecule has 2 rings (SSSR count). The van der Waals surface area contributed by atoms with Crippen LogP contribution < -0.4 is 14.8 Å². The number of esters is 3. The van der Waals surface area contributed by atoms with Gasteiger partial charge in [-0.1, -0.05) is 13.2 Å². The summed E-state index contributed by atoms with van der Waals surface area (Å²) in [6, 6.07) is 12.2. The average Bonchev–Trinajstić information content (AvgIpc) is 2.99. The Morgan fingerprint density at radius 1 is 0.786 bits per heavy atom. The molecule has 1 amide bonds. The van der Waals surface area contributed by atoms with Gasteiger partial charge >= 0.3 is 24.0 Å². The molecule has 2 aromatic rings. The molecule has 222 valence electrons. The maximum atomic E-state index is 12.5. The van der Waals surface area contributed by atoms with Gasteiger partial charge < -0.3 is 33.7 Å².